The zero-order valence-corrected chi connectivity index (χ0v) is 19.2. The number of amides is 1. The van der Waals surface area contributed by atoms with Gasteiger partial charge in [-0.15, -0.1) is 0 Å². The van der Waals surface area contributed by atoms with Gasteiger partial charge in [0.25, 0.3) is 5.91 Å². The number of carbonyl (C=O) groups is 1. The van der Waals surface area contributed by atoms with E-state index in [0.29, 0.717) is 11.4 Å². The smallest absolute Gasteiger partial charge is 0.258 e. The van der Waals surface area contributed by atoms with Crippen LogP contribution in [-0.2, 0) is 21.4 Å². The van der Waals surface area contributed by atoms with Gasteiger partial charge in [0.15, 0.2) is 6.61 Å². The first-order valence-corrected chi connectivity index (χ1v) is 12.9. The van der Waals surface area contributed by atoms with E-state index >= 15 is 0 Å². The molecule has 6 nitrogen and oxygen atoms in total. The molecule has 0 radical (unpaired) electrons. The summed E-state index contributed by atoms with van der Waals surface area (Å²) < 4.78 is 45.3. The van der Waals surface area contributed by atoms with E-state index in [1.165, 1.54) is 25.3 Å². The summed E-state index contributed by atoms with van der Waals surface area (Å²) in [5, 5.41) is 3.05. The van der Waals surface area contributed by atoms with E-state index in [0.717, 1.165) is 36.2 Å². The van der Waals surface area contributed by atoms with Gasteiger partial charge >= 0.3 is 0 Å². The lowest BCUT2D eigenvalue weighted by Crippen LogP contribution is -2.38. The van der Waals surface area contributed by atoms with Crippen molar-refractivity contribution in [3.63, 3.8) is 0 Å². The molecular weight excluding hydrogens is 431 g/mol. The molecule has 8 heteroatoms. The van der Waals surface area contributed by atoms with E-state index in [-0.39, 0.29) is 30.7 Å². The van der Waals surface area contributed by atoms with Crippen LogP contribution >= 0.6 is 0 Å². The fourth-order valence-corrected chi connectivity index (χ4v) is 4.79. The molecule has 0 saturated heterocycles. The summed E-state index contributed by atoms with van der Waals surface area (Å²) in [5.41, 5.74) is 0.672. The number of sulfonamides is 1. The molecule has 1 N–H and O–H groups in total. The van der Waals surface area contributed by atoms with Crippen molar-refractivity contribution >= 4 is 21.6 Å². The summed E-state index contributed by atoms with van der Waals surface area (Å²) in [6.07, 6.45) is 9.07. The maximum absolute atomic E-state index is 14.0. The summed E-state index contributed by atoms with van der Waals surface area (Å²) in [6.45, 7) is -0.212. The molecule has 2 aromatic rings. The Hall–Kier alpha value is -2.61. The van der Waals surface area contributed by atoms with Crippen molar-refractivity contribution < 1.29 is 22.3 Å². The Balaban J connectivity index is 1.59. The number of benzene rings is 2. The van der Waals surface area contributed by atoms with Crippen LogP contribution in [0.2, 0.25) is 0 Å². The average Bonchev–Trinajstić information content (AvgIpc) is 2.73. The Morgan fingerprint density at radius 2 is 1.66 bits per heavy atom. The van der Waals surface area contributed by atoms with Gasteiger partial charge in [0.05, 0.1) is 18.5 Å². The highest BCUT2D eigenvalue weighted by Gasteiger charge is 2.20. The van der Waals surface area contributed by atoms with Gasteiger partial charge in [0.2, 0.25) is 10.0 Å². The van der Waals surface area contributed by atoms with Crippen LogP contribution in [-0.4, -0.2) is 33.2 Å². The molecule has 0 bridgehead atoms. The topological polar surface area (TPSA) is 75.7 Å². The minimum Gasteiger partial charge on any atom is -0.484 e. The summed E-state index contributed by atoms with van der Waals surface area (Å²) in [5.74, 6) is -0.158. The minimum atomic E-state index is -3.63. The Kier molecular flexibility index (Phi) is 8.50. The second kappa shape index (κ2) is 11.3. The van der Waals surface area contributed by atoms with Gasteiger partial charge in [-0.3, -0.25) is 9.10 Å². The van der Waals surface area contributed by atoms with E-state index in [1.54, 1.807) is 42.5 Å². The highest BCUT2D eigenvalue weighted by atomic mass is 32.2. The molecule has 174 valence electrons. The number of nitrogens with one attached hydrogen (secondary N) is 1. The van der Waals surface area contributed by atoms with Crippen LogP contribution in [0, 0.1) is 5.82 Å². The standard InChI is InChI=1S/C24H31FN2O4S/c1-32(29,30)27(17-19-9-7-8-12-23(19)25)21-13-15-22(16-14-21)31-18-24(28)26-20-10-5-3-2-4-6-11-20/h7-9,12-16,20H,2-6,10-11,17-18H2,1H3,(H,26,28). The summed E-state index contributed by atoms with van der Waals surface area (Å²) in [6, 6.07) is 12.7. The number of anilines is 1. The van der Waals surface area contributed by atoms with Gasteiger partial charge in [-0.1, -0.05) is 50.3 Å². The van der Waals surface area contributed by atoms with Crippen molar-refractivity contribution in [2.24, 2.45) is 0 Å². The zero-order valence-electron chi connectivity index (χ0n) is 18.4. The van der Waals surface area contributed by atoms with Crippen LogP contribution in [0.4, 0.5) is 10.1 Å². The zero-order chi connectivity index (χ0) is 23.0. The average molecular weight is 463 g/mol. The molecule has 1 aliphatic rings. The van der Waals surface area contributed by atoms with Crippen LogP contribution in [0.25, 0.3) is 0 Å². The highest BCUT2D eigenvalue weighted by Crippen LogP contribution is 2.24. The fraction of sp³-hybridized carbons (Fsp3) is 0.458. The molecule has 2 aromatic carbocycles. The van der Waals surface area contributed by atoms with Crippen LogP contribution in [0.3, 0.4) is 0 Å². The van der Waals surface area contributed by atoms with Crippen LogP contribution in [0.15, 0.2) is 48.5 Å². The molecule has 0 unspecified atom stereocenters. The van der Waals surface area contributed by atoms with E-state index in [9.17, 15) is 17.6 Å². The SMILES string of the molecule is CS(=O)(=O)N(Cc1ccccc1F)c1ccc(OCC(=O)NC2CCCCCCC2)cc1. The quantitative estimate of drug-likeness (QED) is 0.631. The molecular formula is C24H31FN2O4S. The van der Waals surface area contributed by atoms with Gasteiger partial charge in [0.1, 0.15) is 11.6 Å². The predicted octanol–water partition coefficient (Wildman–Crippen LogP) is 4.40. The van der Waals surface area contributed by atoms with Gasteiger partial charge in [-0.25, -0.2) is 12.8 Å². The van der Waals surface area contributed by atoms with E-state index < -0.39 is 15.8 Å². The second-order valence-electron chi connectivity index (χ2n) is 8.25. The Morgan fingerprint density at radius 3 is 2.28 bits per heavy atom. The Bertz CT molecular complexity index is 987. The van der Waals surface area contributed by atoms with E-state index in [1.807, 2.05) is 0 Å². The summed E-state index contributed by atoms with van der Waals surface area (Å²) in [4.78, 5) is 12.3. The van der Waals surface area contributed by atoms with Gasteiger partial charge in [0, 0.05) is 11.6 Å². The lowest BCUT2D eigenvalue weighted by atomic mass is 9.97. The predicted molar refractivity (Wildman–Crippen MR) is 124 cm³/mol. The molecule has 3 rings (SSSR count). The van der Waals surface area contributed by atoms with Gasteiger partial charge < -0.3 is 10.1 Å². The minimum absolute atomic E-state index is 0.0964. The molecule has 0 atom stereocenters. The first kappa shape index (κ1) is 24.0. The van der Waals surface area contributed by atoms with Crippen molar-refractivity contribution in [1.82, 2.24) is 5.32 Å². The van der Waals surface area contributed by atoms with Crippen molar-refractivity contribution in [1.29, 1.82) is 0 Å². The van der Waals surface area contributed by atoms with Crippen molar-refractivity contribution in [3.05, 3.63) is 59.9 Å². The van der Waals surface area contributed by atoms with Gasteiger partial charge in [-0.2, -0.15) is 0 Å². The number of ether oxygens (including phenoxy) is 1. The lowest BCUT2D eigenvalue weighted by Gasteiger charge is -2.23. The van der Waals surface area contributed by atoms with E-state index in [2.05, 4.69) is 5.32 Å². The number of nitrogens with zero attached hydrogens (tertiary/aromatic N) is 1. The number of hydrogen-bond donors (Lipinski definition) is 1. The summed E-state index contributed by atoms with van der Waals surface area (Å²) in [7, 11) is -3.63. The van der Waals surface area contributed by atoms with Gasteiger partial charge in [-0.05, 0) is 43.2 Å². The van der Waals surface area contributed by atoms with Crippen molar-refractivity contribution in [3.8, 4) is 5.75 Å². The van der Waals surface area contributed by atoms with Crippen LogP contribution in [0.1, 0.15) is 50.5 Å². The third kappa shape index (κ3) is 7.22. The number of hydrogen-bond acceptors (Lipinski definition) is 4. The van der Waals surface area contributed by atoms with Crippen LogP contribution < -0.4 is 14.4 Å². The number of carbonyl (C=O) groups excluding carboxylic acids is 1. The molecule has 0 heterocycles. The third-order valence-electron chi connectivity index (χ3n) is 5.64. The largest absolute Gasteiger partial charge is 0.484 e. The molecule has 0 aliphatic heterocycles. The second-order valence-corrected chi connectivity index (χ2v) is 10.2. The number of rotatable bonds is 8. The van der Waals surface area contributed by atoms with Crippen LogP contribution in [0.5, 0.6) is 5.75 Å². The maximum atomic E-state index is 14.0. The molecule has 1 saturated carbocycles. The Morgan fingerprint density at radius 1 is 1.03 bits per heavy atom. The highest BCUT2D eigenvalue weighted by molar-refractivity contribution is 7.92. The molecule has 0 aromatic heterocycles. The van der Waals surface area contributed by atoms with Crippen molar-refractivity contribution in [2.75, 3.05) is 17.2 Å². The third-order valence-corrected chi connectivity index (χ3v) is 6.78. The molecule has 32 heavy (non-hydrogen) atoms. The number of halogens is 1. The first-order chi connectivity index (χ1) is 15.3. The molecule has 1 amide bonds. The molecule has 1 fully saturated rings. The van der Waals surface area contributed by atoms with Crippen molar-refractivity contribution in [2.45, 2.75) is 57.5 Å². The maximum Gasteiger partial charge on any atom is 0.258 e. The summed E-state index contributed by atoms with van der Waals surface area (Å²) >= 11 is 0. The molecule has 1 aliphatic carbocycles. The fourth-order valence-electron chi connectivity index (χ4n) is 3.91. The lowest BCUT2D eigenvalue weighted by molar-refractivity contribution is -0.123. The van der Waals surface area contributed by atoms with E-state index in [4.69, 9.17) is 4.74 Å². The Labute approximate surface area is 189 Å². The first-order valence-electron chi connectivity index (χ1n) is 11.1. The molecule has 0 spiro atoms. The normalized spacial score (nSPS) is 15.4. The monoisotopic (exact) mass is 462 g/mol.